The Bertz CT molecular complexity index is 550. The molecule has 2 heterocycles. The number of ketones is 1. The molecule has 0 fully saturated rings. The number of Topliss-reactive ketones (excluding diaryl/α,β-unsaturated/α-hetero) is 1. The first-order chi connectivity index (χ1) is 7.27. The molecule has 0 bridgehead atoms. The zero-order valence-corrected chi connectivity index (χ0v) is 11.7. The summed E-state index contributed by atoms with van der Waals surface area (Å²) in [5.41, 5.74) is 2.54. The average Bonchev–Trinajstić information content (AvgIpc) is 2.62. The highest BCUT2D eigenvalue weighted by Crippen LogP contribution is 2.26. The van der Waals surface area contributed by atoms with Gasteiger partial charge in [-0.3, -0.25) is 9.20 Å². The van der Waals surface area contributed by atoms with Crippen molar-refractivity contribution in [3.63, 3.8) is 0 Å². The molecule has 84 valence electrons. The number of hydrogen-bond donors (Lipinski definition) is 0. The number of aromatic nitrogens is 2. The molecule has 3 nitrogen and oxygen atoms in total. The van der Waals surface area contributed by atoms with Crippen molar-refractivity contribution in [3.8, 4) is 0 Å². The van der Waals surface area contributed by atoms with Crippen LogP contribution in [0.5, 0.6) is 0 Å². The summed E-state index contributed by atoms with van der Waals surface area (Å²) in [6, 6.07) is 5.78. The Hall–Kier alpha value is -0.680. The van der Waals surface area contributed by atoms with Gasteiger partial charge in [0, 0.05) is 6.20 Å². The minimum atomic E-state index is -0.0508. The minimum absolute atomic E-state index is 0. The van der Waals surface area contributed by atoms with Crippen molar-refractivity contribution in [2.75, 3.05) is 0 Å². The Morgan fingerprint density at radius 3 is 3.06 bits per heavy atom. The zero-order chi connectivity index (χ0) is 10.4. The largest absolute Gasteiger partial charge is 0.297 e. The highest BCUT2D eigenvalue weighted by Gasteiger charge is 2.29. The third-order valence-electron chi connectivity index (χ3n) is 2.75. The molecule has 16 heavy (non-hydrogen) atoms. The summed E-state index contributed by atoms with van der Waals surface area (Å²) in [6.07, 6.45) is 3.61. The van der Waals surface area contributed by atoms with Crippen molar-refractivity contribution < 1.29 is 4.79 Å². The molecule has 0 amide bonds. The van der Waals surface area contributed by atoms with Gasteiger partial charge in [0.25, 0.3) is 0 Å². The van der Waals surface area contributed by atoms with Crippen LogP contribution in [0.15, 0.2) is 24.4 Å². The molecular formula is C11H10Br2N2O. The first kappa shape index (κ1) is 11.8. The maximum atomic E-state index is 12.0. The quantitative estimate of drug-likeness (QED) is 0.688. The molecule has 3 rings (SSSR count). The van der Waals surface area contributed by atoms with E-state index < -0.39 is 0 Å². The van der Waals surface area contributed by atoms with Gasteiger partial charge in [0.05, 0.1) is 10.5 Å². The molecule has 0 saturated heterocycles. The molecule has 5 heteroatoms. The molecule has 0 saturated carbocycles. The maximum absolute atomic E-state index is 12.0. The number of rotatable bonds is 0. The van der Waals surface area contributed by atoms with E-state index in [9.17, 15) is 4.79 Å². The Labute approximate surface area is 112 Å². The number of alkyl halides is 1. The summed E-state index contributed by atoms with van der Waals surface area (Å²) in [6.45, 7) is 0. The normalized spacial score (nSPS) is 19.3. The van der Waals surface area contributed by atoms with Gasteiger partial charge < -0.3 is 0 Å². The van der Waals surface area contributed by atoms with E-state index >= 15 is 0 Å². The monoisotopic (exact) mass is 344 g/mol. The second-order valence-electron chi connectivity index (χ2n) is 3.71. The van der Waals surface area contributed by atoms with E-state index in [1.165, 1.54) is 0 Å². The molecular weight excluding hydrogens is 336 g/mol. The summed E-state index contributed by atoms with van der Waals surface area (Å²) >= 11 is 3.40. The van der Waals surface area contributed by atoms with E-state index in [4.69, 9.17) is 0 Å². The van der Waals surface area contributed by atoms with Crippen LogP contribution >= 0.6 is 32.9 Å². The van der Waals surface area contributed by atoms with E-state index in [1.807, 2.05) is 28.8 Å². The molecule has 2 aromatic heterocycles. The lowest BCUT2D eigenvalue weighted by Crippen LogP contribution is -2.23. The first-order valence-corrected chi connectivity index (χ1v) is 5.83. The van der Waals surface area contributed by atoms with Crippen molar-refractivity contribution in [3.05, 3.63) is 35.8 Å². The van der Waals surface area contributed by atoms with Gasteiger partial charge in [-0.25, -0.2) is 4.98 Å². The smallest absolute Gasteiger partial charge is 0.195 e. The van der Waals surface area contributed by atoms with Crippen molar-refractivity contribution in [2.45, 2.75) is 17.7 Å². The summed E-state index contributed by atoms with van der Waals surface area (Å²) in [4.78, 5) is 16.4. The lowest BCUT2D eigenvalue weighted by molar-refractivity contribution is 0.0975. The van der Waals surface area contributed by atoms with Crippen molar-refractivity contribution in [2.24, 2.45) is 0 Å². The van der Waals surface area contributed by atoms with Gasteiger partial charge >= 0.3 is 0 Å². The number of carbonyl (C=O) groups excluding carboxylic acids is 1. The molecule has 0 aliphatic heterocycles. The molecule has 2 aromatic rings. The van der Waals surface area contributed by atoms with Gasteiger partial charge in [-0.15, -0.1) is 17.0 Å². The van der Waals surface area contributed by atoms with E-state index in [0.29, 0.717) is 0 Å². The number of imidazole rings is 1. The van der Waals surface area contributed by atoms with Gasteiger partial charge in [-0.2, -0.15) is 0 Å². The van der Waals surface area contributed by atoms with Crippen molar-refractivity contribution in [1.29, 1.82) is 0 Å². The molecule has 0 spiro atoms. The van der Waals surface area contributed by atoms with Crippen molar-refractivity contribution in [1.82, 2.24) is 9.38 Å². The molecule has 1 aliphatic carbocycles. The second kappa shape index (κ2) is 4.30. The van der Waals surface area contributed by atoms with Gasteiger partial charge in [-0.05, 0) is 25.0 Å². The van der Waals surface area contributed by atoms with E-state index in [-0.39, 0.29) is 27.6 Å². The lowest BCUT2D eigenvalue weighted by Gasteiger charge is -2.14. The van der Waals surface area contributed by atoms with Crippen LogP contribution in [0.2, 0.25) is 0 Å². The first-order valence-electron chi connectivity index (χ1n) is 4.91. The molecule has 1 aliphatic rings. The zero-order valence-electron chi connectivity index (χ0n) is 8.39. The predicted octanol–water partition coefficient (Wildman–Crippen LogP) is 2.80. The molecule has 0 N–H and O–H groups in total. The Morgan fingerprint density at radius 1 is 1.44 bits per heavy atom. The number of nitrogens with zero attached hydrogens (tertiary/aromatic N) is 2. The fraction of sp³-hybridized carbons (Fsp3) is 0.273. The molecule has 0 radical (unpaired) electrons. The summed E-state index contributed by atoms with van der Waals surface area (Å²) in [5.74, 6) is 0.148. The summed E-state index contributed by atoms with van der Waals surface area (Å²) in [7, 11) is 0. The van der Waals surface area contributed by atoms with Gasteiger partial charge in [0.15, 0.2) is 5.78 Å². The van der Waals surface area contributed by atoms with Crippen LogP contribution in [0.3, 0.4) is 0 Å². The standard InChI is InChI=1S/C11H9BrN2O.BrH/c12-7-4-5-8-10(11(7)15)14-6-2-1-3-9(14)13-8;/h1-3,6-7H,4-5H2;1H. The molecule has 1 atom stereocenters. The molecule has 1 unspecified atom stereocenters. The maximum Gasteiger partial charge on any atom is 0.195 e. The minimum Gasteiger partial charge on any atom is -0.297 e. The van der Waals surface area contributed by atoms with Crippen LogP contribution in [-0.2, 0) is 6.42 Å². The van der Waals surface area contributed by atoms with E-state index in [2.05, 4.69) is 20.9 Å². The highest BCUT2D eigenvalue weighted by molar-refractivity contribution is 9.10. The van der Waals surface area contributed by atoms with Crippen LogP contribution in [0.25, 0.3) is 5.65 Å². The highest BCUT2D eigenvalue weighted by atomic mass is 79.9. The van der Waals surface area contributed by atoms with Gasteiger partial charge in [-0.1, -0.05) is 22.0 Å². The van der Waals surface area contributed by atoms with Crippen molar-refractivity contribution >= 4 is 44.3 Å². The Kier molecular flexibility index (Phi) is 3.17. The lowest BCUT2D eigenvalue weighted by atomic mass is 10.00. The van der Waals surface area contributed by atoms with Crippen LogP contribution in [0.1, 0.15) is 22.6 Å². The van der Waals surface area contributed by atoms with Gasteiger partial charge in [0.1, 0.15) is 11.3 Å². The molecule has 0 aromatic carbocycles. The topological polar surface area (TPSA) is 34.4 Å². The van der Waals surface area contributed by atoms with Crippen LogP contribution < -0.4 is 0 Å². The summed E-state index contributed by atoms with van der Waals surface area (Å²) < 4.78 is 1.88. The Balaban J connectivity index is 0.000000963. The number of halogens is 2. The number of pyridine rings is 1. The average molecular weight is 346 g/mol. The number of carbonyl (C=O) groups is 1. The van der Waals surface area contributed by atoms with Crippen LogP contribution in [0, 0.1) is 0 Å². The number of fused-ring (bicyclic) bond motifs is 3. The third-order valence-corrected chi connectivity index (χ3v) is 3.63. The van der Waals surface area contributed by atoms with Gasteiger partial charge in [0.2, 0.25) is 0 Å². The van der Waals surface area contributed by atoms with Crippen LogP contribution in [0.4, 0.5) is 0 Å². The van der Waals surface area contributed by atoms with Crippen LogP contribution in [-0.4, -0.2) is 20.0 Å². The summed E-state index contributed by atoms with van der Waals surface area (Å²) in [5, 5.41) is 0. The van der Waals surface area contributed by atoms with E-state index in [1.54, 1.807) is 0 Å². The predicted molar refractivity (Wildman–Crippen MR) is 70.9 cm³/mol. The number of aryl methyl sites for hydroxylation is 1. The fourth-order valence-electron chi connectivity index (χ4n) is 2.02. The SMILES string of the molecule is Br.O=C1c2c(nc3ccccn23)CCC1Br. The fourth-order valence-corrected chi connectivity index (χ4v) is 2.47. The second-order valence-corrected chi connectivity index (χ2v) is 4.81. The van der Waals surface area contributed by atoms with E-state index in [0.717, 1.165) is 29.9 Å². The third kappa shape index (κ3) is 1.62. The number of hydrogen-bond acceptors (Lipinski definition) is 2. The Morgan fingerprint density at radius 2 is 2.25 bits per heavy atom.